The third-order valence-electron chi connectivity index (χ3n) is 6.49. The van der Waals surface area contributed by atoms with Gasteiger partial charge in [0.25, 0.3) is 0 Å². The molecule has 3 atom stereocenters. The Hall–Kier alpha value is -2.08. The Morgan fingerprint density at radius 2 is 1.16 bits per heavy atom. The maximum atomic E-state index is 10.1. The Balaban J connectivity index is 1.89. The summed E-state index contributed by atoms with van der Waals surface area (Å²) in [6.07, 6.45) is 0. The van der Waals surface area contributed by atoms with Crippen molar-refractivity contribution < 1.29 is 14.6 Å². The molecule has 32 heavy (non-hydrogen) atoms. The third kappa shape index (κ3) is 6.96. The molecule has 0 spiro atoms. The summed E-state index contributed by atoms with van der Waals surface area (Å²) in [6, 6.07) is 12.8. The van der Waals surface area contributed by atoms with Crippen LogP contribution >= 0.6 is 0 Å². The van der Waals surface area contributed by atoms with E-state index < -0.39 is 0 Å². The zero-order valence-electron chi connectivity index (χ0n) is 21.2. The highest BCUT2D eigenvalue weighted by Crippen LogP contribution is 2.24. The van der Waals surface area contributed by atoms with E-state index in [1.807, 2.05) is 0 Å². The minimum atomic E-state index is 0.0132. The molecular formula is C27H42N2O3. The fraction of sp³-hybridized carbons (Fsp3) is 0.556. The number of aliphatic hydroxyl groups is 1. The highest BCUT2D eigenvalue weighted by Gasteiger charge is 2.23. The van der Waals surface area contributed by atoms with Crippen LogP contribution in [0.4, 0.5) is 0 Å². The summed E-state index contributed by atoms with van der Waals surface area (Å²) in [4.78, 5) is 4.47. The van der Waals surface area contributed by atoms with Gasteiger partial charge in [-0.3, -0.25) is 9.80 Å². The molecule has 0 saturated carbocycles. The fourth-order valence-corrected chi connectivity index (χ4v) is 3.89. The smallest absolute Gasteiger partial charge is 0.125 e. The lowest BCUT2D eigenvalue weighted by Gasteiger charge is -2.36. The maximum Gasteiger partial charge on any atom is 0.125 e. The molecule has 0 aliphatic rings. The molecule has 1 N–H and O–H groups in total. The van der Waals surface area contributed by atoms with Crippen molar-refractivity contribution in [3.05, 3.63) is 58.7 Å². The molecule has 3 unspecified atom stereocenters. The average molecular weight is 443 g/mol. The molecular weight excluding hydrogens is 400 g/mol. The molecule has 2 rings (SSSR count). The minimum Gasteiger partial charge on any atom is -0.491 e. The van der Waals surface area contributed by atoms with Crippen LogP contribution in [0.1, 0.15) is 36.1 Å². The number of aryl methyl sites for hydroxylation is 4. The molecule has 0 amide bonds. The molecule has 0 fully saturated rings. The van der Waals surface area contributed by atoms with Crippen LogP contribution in [0.3, 0.4) is 0 Å². The second-order valence-corrected chi connectivity index (χ2v) is 9.20. The van der Waals surface area contributed by atoms with E-state index in [1.165, 1.54) is 0 Å². The number of para-hydroxylation sites is 2. The second-order valence-electron chi connectivity index (χ2n) is 9.20. The van der Waals surface area contributed by atoms with Crippen molar-refractivity contribution >= 4 is 0 Å². The van der Waals surface area contributed by atoms with Gasteiger partial charge < -0.3 is 14.6 Å². The van der Waals surface area contributed by atoms with Crippen LogP contribution in [-0.4, -0.2) is 73.5 Å². The first kappa shape index (κ1) is 26.2. The van der Waals surface area contributed by atoms with Crippen molar-refractivity contribution in [1.29, 1.82) is 0 Å². The normalized spacial score (nSPS) is 14.5. The molecule has 0 aliphatic heterocycles. The van der Waals surface area contributed by atoms with E-state index in [9.17, 15) is 5.11 Å². The van der Waals surface area contributed by atoms with Crippen LogP contribution in [0.5, 0.6) is 11.5 Å². The van der Waals surface area contributed by atoms with Gasteiger partial charge in [0, 0.05) is 24.7 Å². The minimum absolute atomic E-state index is 0.0132. The fourth-order valence-electron chi connectivity index (χ4n) is 3.89. The topological polar surface area (TPSA) is 45.2 Å². The summed E-state index contributed by atoms with van der Waals surface area (Å²) in [7, 11) is 4.15. The van der Waals surface area contributed by atoms with Gasteiger partial charge in [0.15, 0.2) is 0 Å². The first-order chi connectivity index (χ1) is 15.1. The SMILES string of the molecule is Cc1cccc(C)c1OCC(C)N(C)CC(CO)N(C)C(C)COc1c(C)cccc1C. The van der Waals surface area contributed by atoms with Gasteiger partial charge in [-0.05, 0) is 77.9 Å². The molecule has 0 radical (unpaired) electrons. The lowest BCUT2D eigenvalue weighted by Crippen LogP contribution is -2.50. The van der Waals surface area contributed by atoms with Crippen molar-refractivity contribution in [2.75, 3.05) is 40.5 Å². The number of hydrogen-bond donors (Lipinski definition) is 1. The van der Waals surface area contributed by atoms with Gasteiger partial charge >= 0.3 is 0 Å². The Kier molecular flexibility index (Phi) is 10.0. The highest BCUT2D eigenvalue weighted by atomic mass is 16.5. The predicted octanol–water partition coefficient (Wildman–Crippen LogP) is 4.38. The molecule has 0 aliphatic carbocycles. The number of benzene rings is 2. The molecule has 2 aromatic rings. The van der Waals surface area contributed by atoms with Gasteiger partial charge in [0.2, 0.25) is 0 Å². The van der Waals surface area contributed by atoms with E-state index in [2.05, 4.69) is 102 Å². The van der Waals surface area contributed by atoms with Crippen molar-refractivity contribution in [1.82, 2.24) is 9.80 Å². The van der Waals surface area contributed by atoms with Crippen molar-refractivity contribution in [2.24, 2.45) is 0 Å². The summed E-state index contributed by atoms with van der Waals surface area (Å²) in [5.41, 5.74) is 4.61. The lowest BCUT2D eigenvalue weighted by atomic mass is 10.1. The third-order valence-corrected chi connectivity index (χ3v) is 6.49. The molecule has 2 aromatic carbocycles. The maximum absolute atomic E-state index is 10.1. The van der Waals surface area contributed by atoms with Crippen LogP contribution in [0, 0.1) is 27.7 Å². The van der Waals surface area contributed by atoms with Gasteiger partial charge in [0.1, 0.15) is 24.7 Å². The predicted molar refractivity (Wildman–Crippen MR) is 133 cm³/mol. The highest BCUT2D eigenvalue weighted by molar-refractivity contribution is 5.40. The van der Waals surface area contributed by atoms with Crippen LogP contribution in [0.25, 0.3) is 0 Å². The monoisotopic (exact) mass is 442 g/mol. The van der Waals surface area contributed by atoms with E-state index >= 15 is 0 Å². The largest absolute Gasteiger partial charge is 0.491 e. The van der Waals surface area contributed by atoms with Gasteiger partial charge in [-0.1, -0.05) is 36.4 Å². The molecule has 0 bridgehead atoms. The molecule has 5 nitrogen and oxygen atoms in total. The Labute approximate surface area is 195 Å². The van der Waals surface area contributed by atoms with Gasteiger partial charge in [-0.2, -0.15) is 0 Å². The van der Waals surface area contributed by atoms with Gasteiger partial charge in [0.05, 0.1) is 6.61 Å². The zero-order chi connectivity index (χ0) is 23.8. The molecule has 0 aromatic heterocycles. The molecule has 5 heteroatoms. The van der Waals surface area contributed by atoms with E-state index in [0.717, 1.165) is 40.3 Å². The van der Waals surface area contributed by atoms with Crippen molar-refractivity contribution in [2.45, 2.75) is 59.7 Å². The lowest BCUT2D eigenvalue weighted by molar-refractivity contribution is 0.0545. The van der Waals surface area contributed by atoms with Crippen LogP contribution in [-0.2, 0) is 0 Å². The second kappa shape index (κ2) is 12.2. The standard InChI is InChI=1S/C27H42N2O3/c1-19-11-9-12-20(2)26(19)31-17-23(5)28(7)15-25(16-30)29(8)24(6)18-32-27-21(3)13-10-14-22(27)4/h9-14,23-25,30H,15-18H2,1-8H3. The number of hydrogen-bond acceptors (Lipinski definition) is 5. The van der Waals surface area contributed by atoms with E-state index in [1.54, 1.807) is 0 Å². The molecule has 0 heterocycles. The number of aliphatic hydroxyl groups excluding tert-OH is 1. The van der Waals surface area contributed by atoms with E-state index in [-0.39, 0.29) is 24.7 Å². The summed E-state index contributed by atoms with van der Waals surface area (Å²) >= 11 is 0. The first-order valence-electron chi connectivity index (χ1n) is 11.6. The quantitative estimate of drug-likeness (QED) is 0.529. The Morgan fingerprint density at radius 3 is 1.56 bits per heavy atom. The molecule has 178 valence electrons. The van der Waals surface area contributed by atoms with Gasteiger partial charge in [-0.15, -0.1) is 0 Å². The van der Waals surface area contributed by atoms with Crippen LogP contribution in [0.2, 0.25) is 0 Å². The van der Waals surface area contributed by atoms with Crippen molar-refractivity contribution in [3.8, 4) is 11.5 Å². The Bertz CT molecular complexity index is 814. The van der Waals surface area contributed by atoms with E-state index in [4.69, 9.17) is 9.47 Å². The first-order valence-corrected chi connectivity index (χ1v) is 11.6. The average Bonchev–Trinajstić information content (AvgIpc) is 2.75. The Morgan fingerprint density at radius 1 is 0.750 bits per heavy atom. The van der Waals surface area contributed by atoms with Crippen LogP contribution < -0.4 is 9.47 Å². The zero-order valence-corrected chi connectivity index (χ0v) is 21.2. The summed E-state index contributed by atoms with van der Waals surface area (Å²) < 4.78 is 12.3. The number of rotatable bonds is 12. The summed E-state index contributed by atoms with van der Waals surface area (Å²) in [6.45, 7) is 14.6. The summed E-state index contributed by atoms with van der Waals surface area (Å²) in [5, 5.41) is 10.1. The summed E-state index contributed by atoms with van der Waals surface area (Å²) in [5.74, 6) is 1.93. The number of ether oxygens (including phenoxy) is 2. The number of nitrogens with zero attached hydrogens (tertiary/aromatic N) is 2. The van der Waals surface area contributed by atoms with Gasteiger partial charge in [-0.25, -0.2) is 0 Å². The number of likely N-dealkylation sites (N-methyl/N-ethyl adjacent to an activating group) is 2. The molecule has 0 saturated heterocycles. The van der Waals surface area contributed by atoms with Crippen LogP contribution in [0.15, 0.2) is 36.4 Å². The van der Waals surface area contributed by atoms with E-state index in [0.29, 0.717) is 13.2 Å². The van der Waals surface area contributed by atoms with Crippen molar-refractivity contribution in [3.63, 3.8) is 0 Å².